The lowest BCUT2D eigenvalue weighted by Crippen LogP contribution is -2.40. The molecule has 0 radical (unpaired) electrons. The van der Waals surface area contributed by atoms with E-state index in [2.05, 4.69) is 17.9 Å². The van der Waals surface area contributed by atoms with E-state index >= 15 is 0 Å². The van der Waals surface area contributed by atoms with Crippen LogP contribution in [0.3, 0.4) is 0 Å². The summed E-state index contributed by atoms with van der Waals surface area (Å²) < 4.78 is 22.8. The van der Waals surface area contributed by atoms with Gasteiger partial charge >= 0.3 is 0 Å². The Morgan fingerprint density at radius 1 is 0.893 bits per heavy atom. The minimum Gasteiger partial charge on any atom is -0.497 e. The zero-order valence-electron chi connectivity index (χ0n) is 17.2. The third-order valence-electron chi connectivity index (χ3n) is 6.22. The summed E-state index contributed by atoms with van der Waals surface area (Å²) in [5, 5.41) is 0. The Labute approximate surface area is 167 Å². The number of benzene rings is 2. The van der Waals surface area contributed by atoms with E-state index in [1.54, 1.807) is 21.3 Å². The van der Waals surface area contributed by atoms with Crippen molar-refractivity contribution in [3.05, 3.63) is 41.5 Å². The Hall–Kier alpha value is -2.40. The smallest absolute Gasteiger partial charge is 0.164 e. The molecule has 0 aromatic heterocycles. The monoisotopic (exact) mass is 383 g/mol. The molecule has 0 bridgehead atoms. The molecule has 0 N–H and O–H groups in total. The van der Waals surface area contributed by atoms with Crippen molar-refractivity contribution in [1.82, 2.24) is 4.90 Å². The maximum Gasteiger partial charge on any atom is 0.164 e. The molecule has 0 spiro atoms. The Morgan fingerprint density at radius 3 is 2.21 bits per heavy atom. The number of ether oxygens (including phenoxy) is 4. The van der Waals surface area contributed by atoms with E-state index in [1.165, 1.54) is 24.8 Å². The van der Waals surface area contributed by atoms with Gasteiger partial charge in [0.2, 0.25) is 0 Å². The Bertz CT molecular complexity index is 847. The molecule has 4 rings (SSSR count). The van der Waals surface area contributed by atoms with E-state index in [-0.39, 0.29) is 0 Å². The van der Waals surface area contributed by atoms with Crippen molar-refractivity contribution in [1.29, 1.82) is 0 Å². The summed E-state index contributed by atoms with van der Waals surface area (Å²) in [6, 6.07) is 10.6. The highest BCUT2D eigenvalue weighted by Gasteiger charge is 2.31. The standard InChI is InChI=1S/C23H29NO4/c1-15(16-6-5-7-16)24-13-17-8-9-19(25-2)11-20(17)28-21-12-23(27-4)22(26-3)10-18(21)14-24/h8-12,15-16H,5-7,13-14H2,1-4H3. The minimum atomic E-state index is 0.516. The predicted octanol–water partition coefficient (Wildman–Crippen LogP) is 5.01. The van der Waals surface area contributed by atoms with Gasteiger partial charge in [-0.15, -0.1) is 0 Å². The topological polar surface area (TPSA) is 40.2 Å². The second-order valence-electron chi connectivity index (χ2n) is 7.73. The summed E-state index contributed by atoms with van der Waals surface area (Å²) in [5.74, 6) is 4.60. The first-order valence-corrected chi connectivity index (χ1v) is 9.96. The van der Waals surface area contributed by atoms with Gasteiger partial charge in [-0.1, -0.05) is 12.5 Å². The summed E-state index contributed by atoms with van der Waals surface area (Å²) in [6.45, 7) is 4.03. The van der Waals surface area contributed by atoms with Gasteiger partial charge in [0.1, 0.15) is 17.2 Å². The summed E-state index contributed by atoms with van der Waals surface area (Å²) >= 11 is 0. The first-order chi connectivity index (χ1) is 13.6. The van der Waals surface area contributed by atoms with E-state index in [4.69, 9.17) is 18.9 Å². The molecular formula is C23H29NO4. The van der Waals surface area contributed by atoms with Crippen LogP contribution >= 0.6 is 0 Å². The molecule has 5 heteroatoms. The van der Waals surface area contributed by atoms with E-state index in [0.29, 0.717) is 11.8 Å². The molecule has 5 nitrogen and oxygen atoms in total. The lowest BCUT2D eigenvalue weighted by Gasteiger charge is -2.40. The number of rotatable bonds is 5. The molecular weight excluding hydrogens is 354 g/mol. The molecule has 150 valence electrons. The van der Waals surface area contributed by atoms with E-state index in [0.717, 1.165) is 47.6 Å². The lowest BCUT2D eigenvalue weighted by atomic mass is 9.79. The Morgan fingerprint density at radius 2 is 1.57 bits per heavy atom. The molecule has 1 atom stereocenters. The normalized spacial score (nSPS) is 17.9. The molecule has 1 saturated carbocycles. The Balaban J connectivity index is 1.79. The molecule has 1 aliphatic carbocycles. The van der Waals surface area contributed by atoms with Gasteiger partial charge in [-0.05, 0) is 37.8 Å². The zero-order chi connectivity index (χ0) is 19.7. The molecule has 2 aromatic rings. The van der Waals surface area contributed by atoms with Crippen molar-refractivity contribution in [2.24, 2.45) is 5.92 Å². The number of hydrogen-bond donors (Lipinski definition) is 0. The van der Waals surface area contributed by atoms with Crippen LogP contribution in [-0.2, 0) is 13.1 Å². The van der Waals surface area contributed by atoms with Crippen LogP contribution in [0.25, 0.3) is 0 Å². The van der Waals surface area contributed by atoms with Gasteiger partial charge < -0.3 is 18.9 Å². The van der Waals surface area contributed by atoms with Crippen LogP contribution in [0.1, 0.15) is 37.3 Å². The highest BCUT2D eigenvalue weighted by molar-refractivity contribution is 5.53. The predicted molar refractivity (Wildman–Crippen MR) is 109 cm³/mol. The van der Waals surface area contributed by atoms with Crippen molar-refractivity contribution < 1.29 is 18.9 Å². The number of methoxy groups -OCH3 is 3. The molecule has 1 aliphatic heterocycles. The van der Waals surface area contributed by atoms with Crippen LogP contribution in [-0.4, -0.2) is 32.3 Å². The highest BCUT2D eigenvalue weighted by atomic mass is 16.5. The van der Waals surface area contributed by atoms with Crippen LogP contribution in [0.2, 0.25) is 0 Å². The SMILES string of the molecule is COc1ccc2c(c1)Oc1cc(OC)c(OC)cc1CN(C(C)C1CCC1)C2. The first-order valence-electron chi connectivity index (χ1n) is 9.96. The molecule has 1 fully saturated rings. The summed E-state index contributed by atoms with van der Waals surface area (Å²) in [6.07, 6.45) is 3.99. The summed E-state index contributed by atoms with van der Waals surface area (Å²) in [7, 11) is 5.00. The fourth-order valence-corrected chi connectivity index (χ4v) is 4.13. The second kappa shape index (κ2) is 7.92. The molecule has 2 aromatic carbocycles. The van der Waals surface area contributed by atoms with Crippen LogP contribution in [0.15, 0.2) is 30.3 Å². The second-order valence-corrected chi connectivity index (χ2v) is 7.73. The summed E-state index contributed by atoms with van der Waals surface area (Å²) in [5.41, 5.74) is 2.28. The van der Waals surface area contributed by atoms with Crippen molar-refractivity contribution in [2.75, 3.05) is 21.3 Å². The molecule has 0 amide bonds. The van der Waals surface area contributed by atoms with Gasteiger partial charge in [-0.25, -0.2) is 0 Å². The maximum absolute atomic E-state index is 6.35. The van der Waals surface area contributed by atoms with E-state index in [1.807, 2.05) is 24.3 Å². The van der Waals surface area contributed by atoms with E-state index in [9.17, 15) is 0 Å². The lowest BCUT2D eigenvalue weighted by molar-refractivity contribution is 0.0914. The third-order valence-corrected chi connectivity index (χ3v) is 6.22. The summed E-state index contributed by atoms with van der Waals surface area (Å²) in [4.78, 5) is 2.56. The fourth-order valence-electron chi connectivity index (χ4n) is 4.13. The number of hydrogen-bond acceptors (Lipinski definition) is 5. The van der Waals surface area contributed by atoms with Crippen molar-refractivity contribution >= 4 is 0 Å². The number of fused-ring (bicyclic) bond motifs is 2. The average Bonchev–Trinajstić information content (AvgIpc) is 2.65. The maximum atomic E-state index is 6.35. The van der Waals surface area contributed by atoms with Crippen molar-refractivity contribution in [3.8, 4) is 28.7 Å². The van der Waals surface area contributed by atoms with Gasteiger partial charge in [0, 0.05) is 42.4 Å². The van der Waals surface area contributed by atoms with Crippen LogP contribution in [0.5, 0.6) is 28.7 Å². The third kappa shape index (κ3) is 3.51. The quantitative estimate of drug-likeness (QED) is 0.726. The van der Waals surface area contributed by atoms with E-state index < -0.39 is 0 Å². The highest BCUT2D eigenvalue weighted by Crippen LogP contribution is 2.42. The van der Waals surface area contributed by atoms with Crippen LogP contribution < -0.4 is 18.9 Å². The first kappa shape index (κ1) is 18.9. The van der Waals surface area contributed by atoms with Gasteiger partial charge in [0.15, 0.2) is 11.5 Å². The molecule has 1 heterocycles. The molecule has 1 unspecified atom stereocenters. The zero-order valence-corrected chi connectivity index (χ0v) is 17.2. The van der Waals surface area contributed by atoms with Crippen LogP contribution in [0, 0.1) is 5.92 Å². The minimum absolute atomic E-state index is 0.516. The van der Waals surface area contributed by atoms with Crippen molar-refractivity contribution in [3.63, 3.8) is 0 Å². The Kier molecular flexibility index (Phi) is 5.36. The largest absolute Gasteiger partial charge is 0.497 e. The average molecular weight is 383 g/mol. The van der Waals surface area contributed by atoms with Gasteiger partial charge in [-0.3, -0.25) is 4.90 Å². The van der Waals surface area contributed by atoms with Crippen molar-refractivity contribution in [2.45, 2.75) is 45.3 Å². The van der Waals surface area contributed by atoms with Gasteiger partial charge in [-0.2, -0.15) is 0 Å². The fraction of sp³-hybridized carbons (Fsp3) is 0.478. The molecule has 2 aliphatic rings. The van der Waals surface area contributed by atoms with Crippen LogP contribution in [0.4, 0.5) is 0 Å². The van der Waals surface area contributed by atoms with Gasteiger partial charge in [0.25, 0.3) is 0 Å². The molecule has 28 heavy (non-hydrogen) atoms. The van der Waals surface area contributed by atoms with Gasteiger partial charge in [0.05, 0.1) is 21.3 Å². The number of nitrogens with zero attached hydrogens (tertiary/aromatic N) is 1. The molecule has 0 saturated heterocycles.